The lowest BCUT2D eigenvalue weighted by Gasteiger charge is -2.17. The molecule has 0 radical (unpaired) electrons. The SMILES string of the molecule is CN=C(NCc1ccc2ccccc2c1)NC(C)COC.I. The minimum atomic E-state index is 0. The summed E-state index contributed by atoms with van der Waals surface area (Å²) in [6.45, 7) is 3.45. The fourth-order valence-corrected chi connectivity index (χ4v) is 2.25. The van der Waals surface area contributed by atoms with Gasteiger partial charge in [0.15, 0.2) is 5.96 Å². The molecule has 1 unspecified atom stereocenters. The average Bonchev–Trinajstić information content (AvgIpc) is 2.51. The average molecular weight is 413 g/mol. The molecule has 0 aromatic heterocycles. The minimum absolute atomic E-state index is 0. The van der Waals surface area contributed by atoms with Gasteiger partial charge in [0.2, 0.25) is 0 Å². The normalized spacial score (nSPS) is 12.6. The second kappa shape index (κ2) is 9.63. The fraction of sp³-hybridized carbons (Fsp3) is 0.353. The van der Waals surface area contributed by atoms with E-state index in [0.29, 0.717) is 6.61 Å². The van der Waals surface area contributed by atoms with Crippen molar-refractivity contribution in [1.82, 2.24) is 10.6 Å². The monoisotopic (exact) mass is 413 g/mol. The van der Waals surface area contributed by atoms with Crippen LogP contribution in [0, 0.1) is 0 Å². The van der Waals surface area contributed by atoms with Crippen molar-refractivity contribution in [2.75, 3.05) is 20.8 Å². The number of rotatable bonds is 5. The number of halogens is 1. The molecule has 22 heavy (non-hydrogen) atoms. The fourth-order valence-electron chi connectivity index (χ4n) is 2.25. The summed E-state index contributed by atoms with van der Waals surface area (Å²) >= 11 is 0. The molecule has 2 rings (SSSR count). The molecule has 4 nitrogen and oxygen atoms in total. The van der Waals surface area contributed by atoms with Crippen molar-refractivity contribution in [3.8, 4) is 0 Å². The van der Waals surface area contributed by atoms with Crippen molar-refractivity contribution in [3.63, 3.8) is 0 Å². The van der Waals surface area contributed by atoms with Crippen molar-refractivity contribution in [2.45, 2.75) is 19.5 Å². The highest BCUT2D eigenvalue weighted by atomic mass is 127. The minimum Gasteiger partial charge on any atom is -0.383 e. The van der Waals surface area contributed by atoms with Crippen LogP contribution < -0.4 is 10.6 Å². The van der Waals surface area contributed by atoms with Gasteiger partial charge in [-0.1, -0.05) is 36.4 Å². The first kappa shape index (κ1) is 18.7. The van der Waals surface area contributed by atoms with Gasteiger partial charge in [0, 0.05) is 26.7 Å². The number of methoxy groups -OCH3 is 1. The van der Waals surface area contributed by atoms with Crippen molar-refractivity contribution in [3.05, 3.63) is 48.0 Å². The Labute approximate surface area is 149 Å². The molecule has 5 heteroatoms. The quantitative estimate of drug-likeness (QED) is 0.450. The number of nitrogens with zero attached hydrogens (tertiary/aromatic N) is 1. The Bertz CT molecular complexity index is 616. The van der Waals surface area contributed by atoms with Gasteiger partial charge in [-0.05, 0) is 29.3 Å². The Morgan fingerprint density at radius 2 is 1.91 bits per heavy atom. The largest absolute Gasteiger partial charge is 0.383 e. The lowest BCUT2D eigenvalue weighted by molar-refractivity contribution is 0.179. The van der Waals surface area contributed by atoms with Crippen LogP contribution in [0.4, 0.5) is 0 Å². The van der Waals surface area contributed by atoms with E-state index in [2.05, 4.69) is 65.0 Å². The van der Waals surface area contributed by atoms with E-state index < -0.39 is 0 Å². The molecule has 0 heterocycles. The second-order valence-corrected chi connectivity index (χ2v) is 5.11. The Hall–Kier alpha value is -1.34. The van der Waals surface area contributed by atoms with Gasteiger partial charge in [0.1, 0.15) is 0 Å². The van der Waals surface area contributed by atoms with Crippen LogP contribution in [-0.2, 0) is 11.3 Å². The first-order chi connectivity index (χ1) is 10.2. The predicted molar refractivity (Wildman–Crippen MR) is 104 cm³/mol. The van der Waals surface area contributed by atoms with Crippen LogP contribution in [0.3, 0.4) is 0 Å². The third-order valence-electron chi connectivity index (χ3n) is 3.30. The van der Waals surface area contributed by atoms with E-state index in [1.165, 1.54) is 16.3 Å². The van der Waals surface area contributed by atoms with Gasteiger partial charge >= 0.3 is 0 Å². The lowest BCUT2D eigenvalue weighted by atomic mass is 10.1. The van der Waals surface area contributed by atoms with Gasteiger partial charge in [-0.3, -0.25) is 4.99 Å². The van der Waals surface area contributed by atoms with Crippen molar-refractivity contribution < 1.29 is 4.74 Å². The number of nitrogens with one attached hydrogen (secondary N) is 2. The van der Waals surface area contributed by atoms with Gasteiger partial charge in [-0.25, -0.2) is 0 Å². The number of benzene rings is 2. The summed E-state index contributed by atoms with van der Waals surface area (Å²) in [5.74, 6) is 0.785. The molecule has 2 N–H and O–H groups in total. The predicted octanol–water partition coefficient (Wildman–Crippen LogP) is 3.16. The Morgan fingerprint density at radius 3 is 2.59 bits per heavy atom. The zero-order valence-electron chi connectivity index (χ0n) is 13.3. The molecule has 0 saturated carbocycles. The first-order valence-corrected chi connectivity index (χ1v) is 7.16. The maximum Gasteiger partial charge on any atom is 0.191 e. The standard InChI is InChI=1S/C17H23N3O.HI/c1-13(12-21-3)20-17(18-2)19-11-14-8-9-15-6-4-5-7-16(15)10-14;/h4-10,13H,11-12H2,1-3H3,(H2,18,19,20);1H. The maximum atomic E-state index is 5.11. The van der Waals surface area contributed by atoms with E-state index in [9.17, 15) is 0 Å². The molecule has 0 bridgehead atoms. The molecule has 1 atom stereocenters. The summed E-state index contributed by atoms with van der Waals surface area (Å²) in [6.07, 6.45) is 0. The molecule has 0 spiro atoms. The highest BCUT2D eigenvalue weighted by Gasteiger charge is 2.04. The van der Waals surface area contributed by atoms with E-state index >= 15 is 0 Å². The topological polar surface area (TPSA) is 45.7 Å². The molecule has 0 aliphatic heterocycles. The van der Waals surface area contributed by atoms with E-state index in [1.54, 1.807) is 14.2 Å². The molecular weight excluding hydrogens is 389 g/mol. The zero-order valence-corrected chi connectivity index (χ0v) is 15.6. The first-order valence-electron chi connectivity index (χ1n) is 7.16. The summed E-state index contributed by atoms with van der Waals surface area (Å²) in [7, 11) is 3.47. The van der Waals surface area contributed by atoms with Crippen LogP contribution in [0.25, 0.3) is 10.8 Å². The van der Waals surface area contributed by atoms with Gasteiger partial charge in [-0.2, -0.15) is 0 Å². The third-order valence-corrected chi connectivity index (χ3v) is 3.30. The molecule has 0 fully saturated rings. The number of ether oxygens (including phenoxy) is 1. The highest BCUT2D eigenvalue weighted by molar-refractivity contribution is 14.0. The number of fused-ring (bicyclic) bond motifs is 1. The van der Waals surface area contributed by atoms with Gasteiger partial charge in [-0.15, -0.1) is 24.0 Å². The third kappa shape index (κ3) is 5.46. The zero-order chi connectivity index (χ0) is 15.1. The molecule has 2 aromatic rings. The molecule has 2 aromatic carbocycles. The van der Waals surface area contributed by atoms with Crippen molar-refractivity contribution in [2.24, 2.45) is 4.99 Å². The van der Waals surface area contributed by atoms with Gasteiger partial charge < -0.3 is 15.4 Å². The lowest BCUT2D eigenvalue weighted by Crippen LogP contribution is -2.43. The smallest absolute Gasteiger partial charge is 0.191 e. The molecular formula is C17H24IN3O. The molecule has 120 valence electrons. The summed E-state index contributed by atoms with van der Waals surface area (Å²) in [6, 6.07) is 15.1. The summed E-state index contributed by atoms with van der Waals surface area (Å²) < 4.78 is 5.11. The molecule has 0 aliphatic rings. The van der Waals surface area contributed by atoms with E-state index in [1.807, 2.05) is 0 Å². The van der Waals surface area contributed by atoms with Crippen LogP contribution in [0.2, 0.25) is 0 Å². The molecule has 0 saturated heterocycles. The Morgan fingerprint density at radius 1 is 1.18 bits per heavy atom. The molecule has 0 aliphatic carbocycles. The van der Waals surface area contributed by atoms with Crippen molar-refractivity contribution in [1.29, 1.82) is 0 Å². The van der Waals surface area contributed by atoms with E-state index in [4.69, 9.17) is 4.74 Å². The van der Waals surface area contributed by atoms with Crippen LogP contribution in [0.1, 0.15) is 12.5 Å². The molecule has 0 amide bonds. The van der Waals surface area contributed by atoms with Crippen LogP contribution in [0.5, 0.6) is 0 Å². The van der Waals surface area contributed by atoms with Crippen LogP contribution in [-0.4, -0.2) is 32.8 Å². The second-order valence-electron chi connectivity index (χ2n) is 5.11. The number of hydrogen-bond donors (Lipinski definition) is 2. The van der Waals surface area contributed by atoms with E-state index in [-0.39, 0.29) is 30.0 Å². The van der Waals surface area contributed by atoms with E-state index in [0.717, 1.165) is 12.5 Å². The number of aliphatic imine (C=N–C) groups is 1. The van der Waals surface area contributed by atoms with Crippen molar-refractivity contribution >= 4 is 40.7 Å². The number of guanidine groups is 1. The van der Waals surface area contributed by atoms with Gasteiger partial charge in [0.25, 0.3) is 0 Å². The summed E-state index contributed by atoms with van der Waals surface area (Å²) in [4.78, 5) is 4.23. The maximum absolute atomic E-state index is 5.11. The number of hydrogen-bond acceptors (Lipinski definition) is 2. The highest BCUT2D eigenvalue weighted by Crippen LogP contribution is 2.15. The summed E-state index contributed by atoms with van der Waals surface area (Å²) in [5.41, 5.74) is 1.23. The Balaban J connectivity index is 0.00000242. The Kier molecular flexibility index (Phi) is 8.19. The summed E-state index contributed by atoms with van der Waals surface area (Å²) in [5, 5.41) is 9.13. The van der Waals surface area contributed by atoms with Gasteiger partial charge in [0.05, 0.1) is 6.61 Å². The van der Waals surface area contributed by atoms with Crippen LogP contribution in [0.15, 0.2) is 47.5 Å². The van der Waals surface area contributed by atoms with Crippen LogP contribution >= 0.6 is 24.0 Å².